The van der Waals surface area contributed by atoms with E-state index < -0.39 is 11.9 Å². The Labute approximate surface area is 175 Å². The molecule has 0 radical (unpaired) electrons. The average Bonchev–Trinajstić information content (AvgIpc) is 2.75. The lowest BCUT2D eigenvalue weighted by atomic mass is 10.0. The molecular weight excluding hydrogens is 376 g/mol. The van der Waals surface area contributed by atoms with Crippen LogP contribution in [0.25, 0.3) is 21.9 Å². The van der Waals surface area contributed by atoms with E-state index in [-0.39, 0.29) is 12.8 Å². The second kappa shape index (κ2) is 10.0. The Balaban J connectivity index is 0.000000172. The van der Waals surface area contributed by atoms with Crippen molar-refractivity contribution in [1.29, 1.82) is 0 Å². The second-order valence-corrected chi connectivity index (χ2v) is 6.84. The van der Waals surface area contributed by atoms with Gasteiger partial charge in [0.1, 0.15) is 0 Å². The lowest BCUT2D eigenvalue weighted by Crippen LogP contribution is -2.00. The van der Waals surface area contributed by atoms with E-state index in [0.29, 0.717) is 0 Å². The maximum atomic E-state index is 10.6. The van der Waals surface area contributed by atoms with Crippen molar-refractivity contribution >= 4 is 22.7 Å². The number of hydrogen-bond donors (Lipinski definition) is 2. The SMILES string of the molecule is O=C(O)Cc1ccc(-c2ccccc2)cc1.O=C(O)Cc1cccc2ccccc12. The van der Waals surface area contributed by atoms with Crippen molar-refractivity contribution in [3.05, 3.63) is 108 Å². The van der Waals surface area contributed by atoms with Crippen LogP contribution in [-0.4, -0.2) is 22.2 Å². The van der Waals surface area contributed by atoms with E-state index in [2.05, 4.69) is 0 Å². The van der Waals surface area contributed by atoms with Crippen LogP contribution >= 0.6 is 0 Å². The Morgan fingerprint density at radius 2 is 1.13 bits per heavy atom. The molecule has 0 aliphatic heterocycles. The van der Waals surface area contributed by atoms with Crippen LogP contribution in [0, 0.1) is 0 Å². The van der Waals surface area contributed by atoms with Gasteiger partial charge in [-0.2, -0.15) is 0 Å². The normalized spacial score (nSPS) is 10.1. The van der Waals surface area contributed by atoms with Gasteiger partial charge in [-0.05, 0) is 33.0 Å². The third-order valence-electron chi connectivity index (χ3n) is 4.64. The van der Waals surface area contributed by atoms with Crippen LogP contribution in [0.5, 0.6) is 0 Å². The molecule has 0 unspecified atom stereocenters. The van der Waals surface area contributed by atoms with E-state index in [1.165, 1.54) is 0 Å². The molecule has 4 aromatic rings. The fourth-order valence-electron chi connectivity index (χ4n) is 3.23. The molecule has 0 aromatic heterocycles. The highest BCUT2D eigenvalue weighted by Crippen LogP contribution is 2.20. The molecule has 2 N–H and O–H groups in total. The molecule has 150 valence electrons. The quantitative estimate of drug-likeness (QED) is 0.469. The minimum atomic E-state index is -0.799. The first-order chi connectivity index (χ1) is 14.5. The molecule has 0 spiro atoms. The highest BCUT2D eigenvalue weighted by molar-refractivity contribution is 5.88. The third-order valence-corrected chi connectivity index (χ3v) is 4.64. The van der Waals surface area contributed by atoms with Crippen molar-refractivity contribution in [2.45, 2.75) is 12.8 Å². The van der Waals surface area contributed by atoms with Crippen molar-refractivity contribution in [2.24, 2.45) is 0 Å². The number of carboxylic acids is 2. The molecule has 0 saturated carbocycles. The topological polar surface area (TPSA) is 74.6 Å². The molecule has 30 heavy (non-hydrogen) atoms. The number of aliphatic carboxylic acids is 2. The molecular formula is C26H22O4. The van der Waals surface area contributed by atoms with Gasteiger partial charge in [-0.1, -0.05) is 97.1 Å². The van der Waals surface area contributed by atoms with Gasteiger partial charge in [-0.3, -0.25) is 9.59 Å². The average molecular weight is 398 g/mol. The predicted molar refractivity (Wildman–Crippen MR) is 119 cm³/mol. The summed E-state index contributed by atoms with van der Waals surface area (Å²) >= 11 is 0. The lowest BCUT2D eigenvalue weighted by Gasteiger charge is -2.02. The first-order valence-corrected chi connectivity index (χ1v) is 9.57. The predicted octanol–water partition coefficient (Wildman–Crippen LogP) is 5.45. The fraction of sp³-hybridized carbons (Fsp3) is 0.0769. The van der Waals surface area contributed by atoms with Gasteiger partial charge in [0.25, 0.3) is 0 Å². The first-order valence-electron chi connectivity index (χ1n) is 9.57. The van der Waals surface area contributed by atoms with E-state index in [9.17, 15) is 9.59 Å². The monoisotopic (exact) mass is 398 g/mol. The molecule has 0 amide bonds. The van der Waals surface area contributed by atoms with Crippen molar-refractivity contribution < 1.29 is 19.8 Å². The summed E-state index contributed by atoms with van der Waals surface area (Å²) in [4.78, 5) is 21.1. The largest absolute Gasteiger partial charge is 0.481 e. The molecule has 4 heteroatoms. The van der Waals surface area contributed by atoms with Gasteiger partial charge in [0.05, 0.1) is 12.8 Å². The Bertz CT molecular complexity index is 1130. The summed E-state index contributed by atoms with van der Waals surface area (Å²) in [5.74, 6) is -1.59. The number of carbonyl (C=O) groups is 2. The van der Waals surface area contributed by atoms with Crippen LogP contribution < -0.4 is 0 Å². The molecule has 0 aliphatic rings. The van der Waals surface area contributed by atoms with E-state index in [4.69, 9.17) is 10.2 Å². The maximum Gasteiger partial charge on any atom is 0.307 e. The van der Waals surface area contributed by atoms with Crippen LogP contribution in [0.4, 0.5) is 0 Å². The molecule has 0 saturated heterocycles. The van der Waals surface area contributed by atoms with Crippen LogP contribution in [0.2, 0.25) is 0 Å². The minimum Gasteiger partial charge on any atom is -0.481 e. The molecule has 0 heterocycles. The van der Waals surface area contributed by atoms with Gasteiger partial charge in [-0.15, -0.1) is 0 Å². The van der Waals surface area contributed by atoms with Crippen molar-refractivity contribution in [3.63, 3.8) is 0 Å². The van der Waals surface area contributed by atoms with E-state index in [1.807, 2.05) is 97.1 Å². The second-order valence-electron chi connectivity index (χ2n) is 6.84. The molecule has 0 fully saturated rings. The molecule has 4 nitrogen and oxygen atoms in total. The van der Waals surface area contributed by atoms with Crippen LogP contribution in [0.15, 0.2) is 97.1 Å². The van der Waals surface area contributed by atoms with E-state index >= 15 is 0 Å². The van der Waals surface area contributed by atoms with Crippen LogP contribution in [0.1, 0.15) is 11.1 Å². The third kappa shape index (κ3) is 5.79. The van der Waals surface area contributed by atoms with E-state index in [1.54, 1.807) is 0 Å². The Morgan fingerprint density at radius 1 is 0.567 bits per heavy atom. The Kier molecular flexibility index (Phi) is 6.95. The van der Waals surface area contributed by atoms with Gasteiger partial charge in [-0.25, -0.2) is 0 Å². The van der Waals surface area contributed by atoms with E-state index in [0.717, 1.165) is 33.0 Å². The van der Waals surface area contributed by atoms with Crippen LogP contribution in [-0.2, 0) is 22.4 Å². The molecule has 4 aromatic carbocycles. The van der Waals surface area contributed by atoms with Gasteiger partial charge < -0.3 is 10.2 Å². The lowest BCUT2D eigenvalue weighted by molar-refractivity contribution is -0.137. The summed E-state index contributed by atoms with van der Waals surface area (Å²) in [7, 11) is 0. The highest BCUT2D eigenvalue weighted by Gasteiger charge is 2.04. The summed E-state index contributed by atoms with van der Waals surface area (Å²) in [6.07, 6.45) is 0.163. The summed E-state index contributed by atoms with van der Waals surface area (Å²) in [5, 5.41) is 19.5. The molecule has 4 rings (SSSR count). The number of carboxylic acid groups (broad SMARTS) is 2. The summed E-state index contributed by atoms with van der Waals surface area (Å²) in [6, 6.07) is 31.2. The highest BCUT2D eigenvalue weighted by atomic mass is 16.4. The zero-order valence-corrected chi connectivity index (χ0v) is 16.4. The first kappa shape index (κ1) is 20.8. The van der Waals surface area contributed by atoms with Crippen molar-refractivity contribution in [3.8, 4) is 11.1 Å². The number of hydrogen-bond acceptors (Lipinski definition) is 2. The molecule has 0 bridgehead atoms. The van der Waals surface area contributed by atoms with Crippen LogP contribution in [0.3, 0.4) is 0 Å². The Morgan fingerprint density at radius 3 is 1.80 bits per heavy atom. The van der Waals surface area contributed by atoms with Crippen molar-refractivity contribution in [1.82, 2.24) is 0 Å². The summed E-state index contributed by atoms with van der Waals surface area (Å²) in [6.45, 7) is 0. The standard InChI is InChI=1S/C14H12O2.C12H10O2/c15-14(16)10-11-6-8-13(9-7-11)12-4-2-1-3-5-12;13-12(14)8-10-6-3-5-9-4-1-2-7-11(9)10/h1-9H,10H2,(H,15,16);1-7H,8H2,(H,13,14). The maximum absolute atomic E-state index is 10.6. The minimum absolute atomic E-state index is 0.0784. The summed E-state index contributed by atoms with van der Waals surface area (Å²) in [5.41, 5.74) is 3.95. The number of rotatable bonds is 5. The number of fused-ring (bicyclic) bond motifs is 1. The zero-order chi connectivity index (χ0) is 21.3. The number of benzene rings is 4. The zero-order valence-electron chi connectivity index (χ0n) is 16.4. The van der Waals surface area contributed by atoms with Crippen molar-refractivity contribution in [2.75, 3.05) is 0 Å². The van der Waals surface area contributed by atoms with Gasteiger partial charge in [0, 0.05) is 0 Å². The van der Waals surface area contributed by atoms with Gasteiger partial charge >= 0.3 is 11.9 Å². The summed E-state index contributed by atoms with van der Waals surface area (Å²) < 4.78 is 0. The fourth-order valence-corrected chi connectivity index (χ4v) is 3.23. The van der Waals surface area contributed by atoms with Gasteiger partial charge in [0.15, 0.2) is 0 Å². The molecule has 0 atom stereocenters. The Hall–Kier alpha value is -3.92. The molecule has 0 aliphatic carbocycles. The van der Waals surface area contributed by atoms with Gasteiger partial charge in [0.2, 0.25) is 0 Å². The smallest absolute Gasteiger partial charge is 0.307 e.